The van der Waals surface area contributed by atoms with Gasteiger partial charge in [0, 0.05) is 19.0 Å². The number of carbonyl (C=O) groups is 2. The second-order valence-corrected chi connectivity index (χ2v) is 6.54. The normalized spacial score (nSPS) is 21.6. The van der Waals surface area contributed by atoms with Gasteiger partial charge in [0.05, 0.1) is 17.2 Å². The standard InChI is InChI=1S/C17H20F3N3O2/c18-17(19,20)13-7-3-4-8-14(13)21-22-16(25)11-9-15(24)23(10-11)12-5-1-2-6-12/h3-4,7-8,11-12,21H,1-2,5-6,9-10H2,(H,22,25). The van der Waals surface area contributed by atoms with Crippen molar-refractivity contribution in [1.82, 2.24) is 10.3 Å². The molecular formula is C17H20F3N3O2. The molecule has 5 nitrogen and oxygen atoms in total. The molecule has 3 rings (SSSR count). The Bertz CT molecular complexity index is 657. The number of alkyl halides is 3. The van der Waals surface area contributed by atoms with E-state index in [2.05, 4.69) is 10.9 Å². The summed E-state index contributed by atoms with van der Waals surface area (Å²) in [6.07, 6.45) is -0.335. The highest BCUT2D eigenvalue weighted by molar-refractivity contribution is 5.90. The van der Waals surface area contributed by atoms with E-state index in [1.165, 1.54) is 18.2 Å². The van der Waals surface area contributed by atoms with E-state index in [4.69, 9.17) is 0 Å². The number of halogens is 3. The lowest BCUT2D eigenvalue weighted by atomic mass is 10.1. The topological polar surface area (TPSA) is 61.4 Å². The third-order valence-corrected chi connectivity index (χ3v) is 4.85. The fourth-order valence-corrected chi connectivity index (χ4v) is 3.55. The van der Waals surface area contributed by atoms with Crippen molar-refractivity contribution >= 4 is 17.5 Å². The predicted molar refractivity (Wildman–Crippen MR) is 85.3 cm³/mol. The average Bonchev–Trinajstić information content (AvgIpc) is 3.21. The zero-order valence-electron chi connectivity index (χ0n) is 13.6. The molecule has 1 heterocycles. The van der Waals surface area contributed by atoms with E-state index < -0.39 is 23.6 Å². The smallest absolute Gasteiger partial charge is 0.339 e. The van der Waals surface area contributed by atoms with Gasteiger partial charge in [0.25, 0.3) is 0 Å². The van der Waals surface area contributed by atoms with E-state index in [-0.39, 0.29) is 24.1 Å². The maximum absolute atomic E-state index is 12.9. The Labute approximate surface area is 143 Å². The molecule has 1 aliphatic carbocycles. The summed E-state index contributed by atoms with van der Waals surface area (Å²) >= 11 is 0. The molecule has 25 heavy (non-hydrogen) atoms. The van der Waals surface area contributed by atoms with Gasteiger partial charge >= 0.3 is 6.18 Å². The Kier molecular flexibility index (Phi) is 4.87. The van der Waals surface area contributed by atoms with Crippen LogP contribution < -0.4 is 10.9 Å². The Morgan fingerprint density at radius 3 is 2.52 bits per heavy atom. The van der Waals surface area contributed by atoms with E-state index in [0.717, 1.165) is 31.7 Å². The van der Waals surface area contributed by atoms with Gasteiger partial charge in [-0.1, -0.05) is 25.0 Å². The molecule has 2 fully saturated rings. The van der Waals surface area contributed by atoms with Crippen molar-refractivity contribution in [1.29, 1.82) is 0 Å². The lowest BCUT2D eigenvalue weighted by Crippen LogP contribution is -2.38. The van der Waals surface area contributed by atoms with Crippen LogP contribution in [0.2, 0.25) is 0 Å². The minimum Gasteiger partial charge on any atom is -0.339 e. The van der Waals surface area contributed by atoms with E-state index in [1.807, 2.05) is 0 Å². The fourth-order valence-electron chi connectivity index (χ4n) is 3.55. The number of hydrogen-bond donors (Lipinski definition) is 2. The molecule has 8 heteroatoms. The summed E-state index contributed by atoms with van der Waals surface area (Å²) in [7, 11) is 0. The number of amides is 2. The zero-order valence-corrected chi connectivity index (χ0v) is 13.6. The summed E-state index contributed by atoms with van der Waals surface area (Å²) in [6, 6.07) is 5.11. The first kappa shape index (κ1) is 17.6. The van der Waals surface area contributed by atoms with Crippen LogP contribution in [0.25, 0.3) is 0 Å². The van der Waals surface area contributed by atoms with Crippen LogP contribution in [0.3, 0.4) is 0 Å². The Balaban J connectivity index is 1.60. The number of benzene rings is 1. The highest BCUT2D eigenvalue weighted by Crippen LogP contribution is 2.34. The second-order valence-electron chi connectivity index (χ2n) is 6.54. The van der Waals surface area contributed by atoms with Crippen molar-refractivity contribution in [3.05, 3.63) is 29.8 Å². The molecule has 2 amide bonds. The maximum atomic E-state index is 12.9. The first-order valence-corrected chi connectivity index (χ1v) is 8.38. The van der Waals surface area contributed by atoms with E-state index in [0.29, 0.717) is 6.54 Å². The van der Waals surface area contributed by atoms with Crippen molar-refractivity contribution < 1.29 is 22.8 Å². The maximum Gasteiger partial charge on any atom is 0.418 e. The summed E-state index contributed by atoms with van der Waals surface area (Å²) in [4.78, 5) is 26.1. The molecule has 0 aromatic heterocycles. The third kappa shape index (κ3) is 3.88. The first-order chi connectivity index (χ1) is 11.9. The van der Waals surface area contributed by atoms with Crippen LogP contribution in [0.15, 0.2) is 24.3 Å². The zero-order chi connectivity index (χ0) is 18.0. The van der Waals surface area contributed by atoms with Crippen LogP contribution in [0.5, 0.6) is 0 Å². The van der Waals surface area contributed by atoms with Gasteiger partial charge in [0.15, 0.2) is 0 Å². The van der Waals surface area contributed by atoms with Gasteiger partial charge in [-0.25, -0.2) is 0 Å². The molecule has 136 valence electrons. The van der Waals surface area contributed by atoms with Gasteiger partial charge in [0.1, 0.15) is 0 Å². The van der Waals surface area contributed by atoms with Crippen molar-refractivity contribution in [3.8, 4) is 0 Å². The number of hydrazine groups is 1. The largest absolute Gasteiger partial charge is 0.418 e. The molecule has 2 aliphatic rings. The molecule has 0 radical (unpaired) electrons. The number of para-hydroxylation sites is 1. The number of hydrogen-bond acceptors (Lipinski definition) is 3. The van der Waals surface area contributed by atoms with Gasteiger partial charge in [-0.2, -0.15) is 13.2 Å². The first-order valence-electron chi connectivity index (χ1n) is 8.38. The Hall–Kier alpha value is -2.25. The number of nitrogens with zero attached hydrogens (tertiary/aromatic N) is 1. The number of anilines is 1. The minimum atomic E-state index is -4.52. The van der Waals surface area contributed by atoms with Crippen LogP contribution >= 0.6 is 0 Å². The van der Waals surface area contributed by atoms with E-state index >= 15 is 0 Å². The number of nitrogens with one attached hydrogen (secondary N) is 2. The highest BCUT2D eigenvalue weighted by Gasteiger charge is 2.39. The molecule has 1 atom stereocenters. The average molecular weight is 355 g/mol. The molecule has 1 aliphatic heterocycles. The fraction of sp³-hybridized carbons (Fsp3) is 0.529. The molecule has 1 saturated carbocycles. The molecular weight excluding hydrogens is 335 g/mol. The van der Waals surface area contributed by atoms with Crippen LogP contribution in [0.4, 0.5) is 18.9 Å². The van der Waals surface area contributed by atoms with Gasteiger partial charge in [-0.15, -0.1) is 0 Å². The number of rotatable bonds is 4. The van der Waals surface area contributed by atoms with Crippen LogP contribution in [0, 0.1) is 5.92 Å². The molecule has 1 unspecified atom stereocenters. The molecule has 1 aromatic carbocycles. The molecule has 0 bridgehead atoms. The Morgan fingerprint density at radius 1 is 1.16 bits per heavy atom. The van der Waals surface area contributed by atoms with Crippen molar-refractivity contribution in [2.75, 3.05) is 12.0 Å². The summed E-state index contributed by atoms with van der Waals surface area (Å²) in [5, 5.41) is 0. The van der Waals surface area contributed by atoms with Crippen molar-refractivity contribution in [2.24, 2.45) is 5.92 Å². The molecule has 1 saturated heterocycles. The quantitative estimate of drug-likeness (QED) is 0.817. The van der Waals surface area contributed by atoms with Crippen molar-refractivity contribution in [2.45, 2.75) is 44.3 Å². The van der Waals surface area contributed by atoms with Gasteiger partial charge in [-0.05, 0) is 25.0 Å². The molecule has 2 N–H and O–H groups in total. The Morgan fingerprint density at radius 2 is 1.84 bits per heavy atom. The SMILES string of the molecule is O=C(NNc1ccccc1C(F)(F)F)C1CC(=O)N(C2CCCC2)C1. The van der Waals surface area contributed by atoms with Crippen molar-refractivity contribution in [3.63, 3.8) is 0 Å². The number of carbonyl (C=O) groups excluding carboxylic acids is 2. The molecule has 1 aromatic rings. The van der Waals surface area contributed by atoms with E-state index in [1.54, 1.807) is 4.90 Å². The lowest BCUT2D eigenvalue weighted by molar-refractivity contribution is -0.137. The van der Waals surface area contributed by atoms with Crippen LogP contribution in [0.1, 0.15) is 37.7 Å². The minimum absolute atomic E-state index is 0.0530. The third-order valence-electron chi connectivity index (χ3n) is 4.85. The lowest BCUT2D eigenvalue weighted by Gasteiger charge is -2.24. The monoisotopic (exact) mass is 355 g/mol. The van der Waals surface area contributed by atoms with E-state index in [9.17, 15) is 22.8 Å². The summed E-state index contributed by atoms with van der Waals surface area (Å²) in [5.74, 6) is -1.06. The van der Waals surface area contributed by atoms with Gasteiger partial charge in [-0.3, -0.25) is 20.4 Å². The second kappa shape index (κ2) is 6.93. The van der Waals surface area contributed by atoms with Crippen LogP contribution in [-0.2, 0) is 15.8 Å². The number of likely N-dealkylation sites (tertiary alicyclic amines) is 1. The summed E-state index contributed by atoms with van der Waals surface area (Å²) in [5.41, 5.74) is 3.59. The van der Waals surface area contributed by atoms with Crippen LogP contribution in [-0.4, -0.2) is 29.3 Å². The summed E-state index contributed by atoms with van der Waals surface area (Å²) in [6.45, 7) is 0.331. The van der Waals surface area contributed by atoms with Gasteiger partial charge in [0.2, 0.25) is 11.8 Å². The van der Waals surface area contributed by atoms with Gasteiger partial charge < -0.3 is 4.90 Å². The summed E-state index contributed by atoms with van der Waals surface area (Å²) < 4.78 is 38.8. The molecule has 0 spiro atoms. The predicted octanol–water partition coefficient (Wildman–Crippen LogP) is 2.94. The highest BCUT2D eigenvalue weighted by atomic mass is 19.4.